The minimum Gasteiger partial charge on any atom is -0.464 e. The lowest BCUT2D eigenvalue weighted by molar-refractivity contribution is -0.168. The number of benzene rings is 1. The number of fused-ring (bicyclic) bond motifs is 1. The van der Waals surface area contributed by atoms with Crippen LogP contribution in [0.2, 0.25) is 0 Å². The minimum absolute atomic E-state index is 0.0425. The Morgan fingerprint density at radius 2 is 1.89 bits per heavy atom. The number of aliphatic hydroxyl groups excluding tert-OH is 1. The molecule has 1 aromatic heterocycles. The van der Waals surface area contributed by atoms with Crippen LogP contribution in [0.5, 0.6) is 0 Å². The van der Waals surface area contributed by atoms with Gasteiger partial charge in [0.05, 0.1) is 44.7 Å². The summed E-state index contributed by atoms with van der Waals surface area (Å²) in [5, 5.41) is 12.0. The summed E-state index contributed by atoms with van der Waals surface area (Å²) in [5.74, 6) is -1.16. The maximum Gasteiger partial charge on any atom is 0.286 e. The lowest BCUT2D eigenvalue weighted by Gasteiger charge is -2.36. The van der Waals surface area contributed by atoms with E-state index in [2.05, 4.69) is 5.32 Å². The largest absolute Gasteiger partial charge is 0.464 e. The Labute approximate surface area is 210 Å². The molecule has 0 unspecified atom stereocenters. The fourth-order valence-electron chi connectivity index (χ4n) is 4.08. The van der Waals surface area contributed by atoms with E-state index in [4.69, 9.17) is 33.2 Å². The van der Waals surface area contributed by atoms with E-state index in [1.807, 2.05) is 6.92 Å². The lowest BCUT2D eigenvalue weighted by Crippen LogP contribution is -2.40. The average Bonchev–Trinajstić information content (AvgIpc) is 2.89. The number of aliphatic hydroxyl groups is 1. The molecule has 3 atom stereocenters. The van der Waals surface area contributed by atoms with Crippen LogP contribution in [-0.2, 0) is 28.5 Å². The van der Waals surface area contributed by atoms with Gasteiger partial charge in [-0.1, -0.05) is 12.1 Å². The molecule has 36 heavy (non-hydrogen) atoms. The van der Waals surface area contributed by atoms with Crippen molar-refractivity contribution in [3.8, 4) is 0 Å². The molecule has 2 N–H and O–H groups in total. The van der Waals surface area contributed by atoms with Gasteiger partial charge in [-0.25, -0.2) is 0 Å². The number of amides is 1. The normalized spacial score (nSPS) is 19.6. The lowest BCUT2D eigenvalue weighted by atomic mass is 9.81. The maximum absolute atomic E-state index is 13.4. The standard InChI is InChI=1S/C26H35NO9/c1-3-34-26-18(8-11-32-14-15-33-13-10-28)20(16-23(36-26)25(30)27-9-12-31-2)21-17-35-22-7-5-4-6-19(22)24(21)29/h4-7,16-18,20,26,28H,3,8-15H2,1-2H3,(H,27,30)/t18-,20+,26-/m0/s1. The molecular formula is C26H35NO9. The molecule has 0 bridgehead atoms. The summed E-state index contributed by atoms with van der Waals surface area (Å²) in [6, 6.07) is 7.04. The van der Waals surface area contributed by atoms with E-state index in [1.54, 1.807) is 37.5 Å². The molecule has 0 radical (unpaired) electrons. The van der Waals surface area contributed by atoms with Crippen molar-refractivity contribution in [2.24, 2.45) is 5.92 Å². The first-order valence-corrected chi connectivity index (χ1v) is 12.1. The molecule has 0 saturated heterocycles. The molecule has 0 spiro atoms. The Bertz CT molecular complexity index is 1050. The minimum atomic E-state index is -0.770. The number of carbonyl (C=O) groups excluding carboxylic acids is 1. The fourth-order valence-corrected chi connectivity index (χ4v) is 4.08. The first kappa shape index (κ1) is 27.8. The monoisotopic (exact) mass is 505 g/mol. The van der Waals surface area contributed by atoms with Crippen LogP contribution in [0.25, 0.3) is 11.0 Å². The van der Waals surface area contributed by atoms with Gasteiger partial charge in [0.25, 0.3) is 5.91 Å². The van der Waals surface area contributed by atoms with Crippen molar-refractivity contribution in [1.82, 2.24) is 5.32 Å². The Hall–Kier alpha value is -2.76. The molecule has 2 aromatic rings. The zero-order chi connectivity index (χ0) is 25.8. The van der Waals surface area contributed by atoms with Gasteiger partial charge in [-0.15, -0.1) is 0 Å². The van der Waals surface area contributed by atoms with Crippen LogP contribution in [-0.4, -0.2) is 77.2 Å². The summed E-state index contributed by atoms with van der Waals surface area (Å²) in [5.41, 5.74) is 0.738. The second-order valence-corrected chi connectivity index (χ2v) is 8.16. The average molecular weight is 506 g/mol. The predicted octanol–water partition coefficient (Wildman–Crippen LogP) is 1.95. The van der Waals surface area contributed by atoms with Crippen molar-refractivity contribution < 1.29 is 38.0 Å². The summed E-state index contributed by atoms with van der Waals surface area (Å²) in [6.45, 7) is 4.16. The second kappa shape index (κ2) is 14.7. The molecule has 1 aromatic carbocycles. The van der Waals surface area contributed by atoms with Gasteiger partial charge in [0.2, 0.25) is 6.29 Å². The fraction of sp³-hybridized carbons (Fsp3) is 0.538. The highest BCUT2D eigenvalue weighted by molar-refractivity contribution is 5.91. The van der Waals surface area contributed by atoms with Crippen LogP contribution < -0.4 is 10.7 Å². The molecule has 2 heterocycles. The molecule has 1 aliphatic rings. The van der Waals surface area contributed by atoms with Crippen molar-refractivity contribution in [3.63, 3.8) is 0 Å². The molecule has 10 heteroatoms. The summed E-state index contributed by atoms with van der Waals surface area (Å²) >= 11 is 0. The Balaban J connectivity index is 1.89. The van der Waals surface area contributed by atoms with Crippen LogP contribution >= 0.6 is 0 Å². The number of hydrogen-bond acceptors (Lipinski definition) is 9. The highest BCUT2D eigenvalue weighted by atomic mass is 16.7. The number of ether oxygens (including phenoxy) is 5. The van der Waals surface area contributed by atoms with E-state index in [0.29, 0.717) is 62.5 Å². The third kappa shape index (κ3) is 7.37. The highest BCUT2D eigenvalue weighted by Crippen LogP contribution is 2.38. The first-order chi connectivity index (χ1) is 17.6. The van der Waals surface area contributed by atoms with E-state index in [9.17, 15) is 9.59 Å². The Morgan fingerprint density at radius 1 is 1.11 bits per heavy atom. The Kier molecular flexibility index (Phi) is 11.4. The van der Waals surface area contributed by atoms with Gasteiger partial charge in [-0.2, -0.15) is 0 Å². The molecule has 0 saturated carbocycles. The molecule has 10 nitrogen and oxygen atoms in total. The molecule has 3 rings (SSSR count). The number of hydrogen-bond donors (Lipinski definition) is 2. The van der Waals surface area contributed by atoms with Gasteiger partial charge in [0, 0.05) is 44.3 Å². The summed E-state index contributed by atoms with van der Waals surface area (Å²) < 4.78 is 33.6. The second-order valence-electron chi connectivity index (χ2n) is 8.16. The topological polar surface area (TPSA) is 126 Å². The number of rotatable bonds is 15. The first-order valence-electron chi connectivity index (χ1n) is 12.1. The van der Waals surface area contributed by atoms with Gasteiger partial charge in [-0.05, 0) is 31.6 Å². The number of methoxy groups -OCH3 is 1. The number of para-hydroxylation sites is 1. The summed E-state index contributed by atoms with van der Waals surface area (Å²) in [7, 11) is 1.55. The Morgan fingerprint density at radius 3 is 2.64 bits per heavy atom. The van der Waals surface area contributed by atoms with Crippen LogP contribution in [0, 0.1) is 5.92 Å². The smallest absolute Gasteiger partial charge is 0.286 e. The van der Waals surface area contributed by atoms with Gasteiger partial charge in [0.1, 0.15) is 5.58 Å². The summed E-state index contributed by atoms with van der Waals surface area (Å²) in [6.07, 6.45) is 2.84. The third-order valence-electron chi connectivity index (χ3n) is 5.80. The van der Waals surface area contributed by atoms with E-state index >= 15 is 0 Å². The van der Waals surface area contributed by atoms with Gasteiger partial charge >= 0.3 is 0 Å². The number of carbonyl (C=O) groups is 1. The maximum atomic E-state index is 13.4. The number of nitrogens with one attached hydrogen (secondary N) is 1. The zero-order valence-corrected chi connectivity index (χ0v) is 20.8. The summed E-state index contributed by atoms with van der Waals surface area (Å²) in [4.78, 5) is 26.3. The molecule has 0 fully saturated rings. The van der Waals surface area contributed by atoms with Crippen LogP contribution in [0.1, 0.15) is 24.8 Å². The molecule has 198 valence electrons. The van der Waals surface area contributed by atoms with E-state index < -0.39 is 18.1 Å². The zero-order valence-electron chi connectivity index (χ0n) is 20.8. The molecule has 0 aliphatic carbocycles. The third-order valence-corrected chi connectivity index (χ3v) is 5.80. The quantitative estimate of drug-likeness (QED) is 0.349. The van der Waals surface area contributed by atoms with E-state index in [1.165, 1.54) is 6.26 Å². The van der Waals surface area contributed by atoms with Crippen molar-refractivity contribution in [2.75, 3.05) is 59.9 Å². The predicted molar refractivity (Wildman–Crippen MR) is 132 cm³/mol. The van der Waals surface area contributed by atoms with Crippen LogP contribution in [0.3, 0.4) is 0 Å². The molecule has 1 aliphatic heterocycles. The van der Waals surface area contributed by atoms with Crippen LogP contribution in [0.4, 0.5) is 0 Å². The van der Waals surface area contributed by atoms with Crippen molar-refractivity contribution in [2.45, 2.75) is 25.6 Å². The molecular weight excluding hydrogens is 470 g/mol. The van der Waals surface area contributed by atoms with Gasteiger partial charge < -0.3 is 38.5 Å². The van der Waals surface area contributed by atoms with Crippen molar-refractivity contribution in [3.05, 3.63) is 58.2 Å². The van der Waals surface area contributed by atoms with Gasteiger partial charge in [0.15, 0.2) is 11.2 Å². The SMILES string of the molecule is CCO[C@H]1OC(C(=O)NCCOC)=C[C@@H](c2coc3ccccc3c2=O)[C@@H]1CCOCCOCCO. The van der Waals surface area contributed by atoms with Gasteiger partial charge in [-0.3, -0.25) is 9.59 Å². The van der Waals surface area contributed by atoms with E-state index in [0.717, 1.165) is 0 Å². The van der Waals surface area contributed by atoms with Crippen molar-refractivity contribution >= 4 is 16.9 Å². The van der Waals surface area contributed by atoms with E-state index in [-0.39, 0.29) is 30.3 Å². The van der Waals surface area contributed by atoms with Crippen molar-refractivity contribution in [1.29, 1.82) is 0 Å². The van der Waals surface area contributed by atoms with Crippen LogP contribution in [0.15, 0.2) is 51.6 Å². The number of allylic oxidation sites excluding steroid dienone is 1. The molecule has 1 amide bonds. The highest BCUT2D eigenvalue weighted by Gasteiger charge is 2.39.